The lowest BCUT2D eigenvalue weighted by atomic mass is 10.1. The predicted molar refractivity (Wildman–Crippen MR) is 79.1 cm³/mol. The van der Waals surface area contributed by atoms with E-state index in [-0.39, 0.29) is 0 Å². The van der Waals surface area contributed by atoms with Crippen LogP contribution in [0.2, 0.25) is 0 Å². The maximum Gasteiger partial charge on any atom is 0.103 e. The molecule has 0 saturated carbocycles. The maximum absolute atomic E-state index is 9.26. The average Bonchev–Trinajstić information content (AvgIpc) is 2.46. The Morgan fingerprint density at radius 1 is 1.32 bits per heavy atom. The number of hydrogen-bond acceptors (Lipinski definition) is 3. The van der Waals surface area contributed by atoms with Crippen molar-refractivity contribution in [3.63, 3.8) is 0 Å². The number of aromatic nitrogens is 1. The van der Waals surface area contributed by atoms with Gasteiger partial charge in [-0.15, -0.1) is 0 Å². The fraction of sp³-hybridized carbons (Fsp3) is 0.375. The van der Waals surface area contributed by atoms with Crippen molar-refractivity contribution in [2.24, 2.45) is 0 Å². The summed E-state index contributed by atoms with van der Waals surface area (Å²) in [7, 11) is 0. The third-order valence-corrected chi connectivity index (χ3v) is 3.37. The van der Waals surface area contributed by atoms with Crippen LogP contribution in [0.5, 0.6) is 0 Å². The molecular weight excluding hydrogens is 234 g/mol. The molecule has 1 atom stereocenters. The molecule has 0 radical (unpaired) electrons. The fourth-order valence-electron chi connectivity index (χ4n) is 2.31. The number of hydrogen-bond donors (Lipinski definition) is 1. The number of nitrogens with one attached hydrogen (secondary N) is 1. The van der Waals surface area contributed by atoms with Gasteiger partial charge in [0.2, 0.25) is 0 Å². The van der Waals surface area contributed by atoms with E-state index < -0.39 is 0 Å². The van der Waals surface area contributed by atoms with Gasteiger partial charge in [0, 0.05) is 17.6 Å². The minimum absolute atomic E-state index is 0.405. The Morgan fingerprint density at radius 3 is 2.79 bits per heavy atom. The first-order valence-corrected chi connectivity index (χ1v) is 6.84. The molecule has 3 heteroatoms. The van der Waals surface area contributed by atoms with Crippen molar-refractivity contribution < 1.29 is 0 Å². The summed E-state index contributed by atoms with van der Waals surface area (Å²) in [5.74, 6) is 0. The second-order valence-electron chi connectivity index (χ2n) is 4.71. The van der Waals surface area contributed by atoms with Gasteiger partial charge in [0.1, 0.15) is 6.07 Å². The van der Waals surface area contributed by atoms with E-state index in [0.29, 0.717) is 11.6 Å². The molecule has 2 rings (SSSR count). The summed E-state index contributed by atoms with van der Waals surface area (Å²) < 4.78 is 0. The fourth-order valence-corrected chi connectivity index (χ4v) is 2.31. The summed E-state index contributed by atoms with van der Waals surface area (Å²) in [5, 5.41) is 13.8. The zero-order valence-electron chi connectivity index (χ0n) is 11.5. The van der Waals surface area contributed by atoms with Crippen molar-refractivity contribution in [1.29, 1.82) is 5.26 Å². The summed E-state index contributed by atoms with van der Waals surface area (Å²) in [6.45, 7) is 4.35. The molecule has 1 aromatic carbocycles. The van der Waals surface area contributed by atoms with Gasteiger partial charge < -0.3 is 5.32 Å². The second kappa shape index (κ2) is 6.19. The summed E-state index contributed by atoms with van der Waals surface area (Å²) in [6.07, 6.45) is 4.95. The Morgan fingerprint density at radius 2 is 2.11 bits per heavy atom. The van der Waals surface area contributed by atoms with E-state index >= 15 is 0 Å². The molecule has 0 amide bonds. The van der Waals surface area contributed by atoms with Gasteiger partial charge in [-0.05, 0) is 18.9 Å². The highest BCUT2D eigenvalue weighted by molar-refractivity contribution is 5.93. The highest BCUT2D eigenvalue weighted by Gasteiger charge is 2.12. The number of fused-ring (bicyclic) bond motifs is 1. The maximum atomic E-state index is 9.26. The standard InChI is InChI=1S/C16H19N3/c1-3-7-13(4-2)19-16-12(10-17)11-18-15-9-6-5-8-14(15)16/h5-6,8-9,11,13H,3-4,7H2,1-2H3,(H,18,19). The van der Waals surface area contributed by atoms with Crippen LogP contribution in [0.4, 0.5) is 5.69 Å². The van der Waals surface area contributed by atoms with Crippen LogP contribution in [-0.2, 0) is 0 Å². The van der Waals surface area contributed by atoms with Crippen LogP contribution in [0.25, 0.3) is 10.9 Å². The van der Waals surface area contributed by atoms with Crippen LogP contribution in [0.3, 0.4) is 0 Å². The Kier molecular flexibility index (Phi) is 4.35. The molecule has 0 aliphatic rings. The van der Waals surface area contributed by atoms with Crippen molar-refractivity contribution in [1.82, 2.24) is 4.98 Å². The van der Waals surface area contributed by atoms with Gasteiger partial charge in [0.05, 0.1) is 16.8 Å². The van der Waals surface area contributed by atoms with Crippen molar-refractivity contribution >= 4 is 16.6 Å². The monoisotopic (exact) mass is 253 g/mol. The van der Waals surface area contributed by atoms with E-state index in [1.54, 1.807) is 6.20 Å². The average molecular weight is 253 g/mol. The van der Waals surface area contributed by atoms with Crippen molar-refractivity contribution in [2.45, 2.75) is 39.2 Å². The number of rotatable bonds is 5. The summed E-state index contributed by atoms with van der Waals surface area (Å²) in [4.78, 5) is 4.33. The zero-order valence-corrected chi connectivity index (χ0v) is 11.5. The van der Waals surface area contributed by atoms with E-state index in [0.717, 1.165) is 35.9 Å². The third-order valence-electron chi connectivity index (χ3n) is 3.37. The minimum atomic E-state index is 0.405. The van der Waals surface area contributed by atoms with Crippen LogP contribution < -0.4 is 5.32 Å². The SMILES string of the molecule is CCCC(CC)Nc1c(C#N)cnc2ccccc12. The van der Waals surface area contributed by atoms with Crippen LogP contribution in [-0.4, -0.2) is 11.0 Å². The number of benzene rings is 1. The van der Waals surface area contributed by atoms with E-state index in [2.05, 4.69) is 30.2 Å². The van der Waals surface area contributed by atoms with Gasteiger partial charge in [-0.2, -0.15) is 5.26 Å². The van der Waals surface area contributed by atoms with Gasteiger partial charge in [-0.3, -0.25) is 4.98 Å². The number of nitriles is 1. The third kappa shape index (κ3) is 2.85. The number of pyridine rings is 1. The first-order chi connectivity index (χ1) is 9.30. The Hall–Kier alpha value is -2.08. The Labute approximate surface area is 114 Å². The topological polar surface area (TPSA) is 48.7 Å². The number of para-hydroxylation sites is 1. The normalized spacial score (nSPS) is 12.1. The van der Waals surface area contributed by atoms with Crippen LogP contribution in [0.15, 0.2) is 30.5 Å². The van der Waals surface area contributed by atoms with Crippen LogP contribution >= 0.6 is 0 Å². The molecule has 0 spiro atoms. The summed E-state index contributed by atoms with van der Waals surface area (Å²) in [6, 6.07) is 10.6. The van der Waals surface area contributed by atoms with Crippen LogP contribution in [0.1, 0.15) is 38.7 Å². The van der Waals surface area contributed by atoms with Crippen molar-refractivity contribution in [3.05, 3.63) is 36.0 Å². The molecule has 1 N–H and O–H groups in total. The molecular formula is C16H19N3. The van der Waals surface area contributed by atoms with Gasteiger partial charge in [-0.1, -0.05) is 38.5 Å². The zero-order chi connectivity index (χ0) is 13.7. The molecule has 2 aromatic rings. The van der Waals surface area contributed by atoms with E-state index in [1.807, 2.05) is 24.3 Å². The molecule has 0 bridgehead atoms. The van der Waals surface area contributed by atoms with Crippen LogP contribution in [0, 0.1) is 11.3 Å². The highest BCUT2D eigenvalue weighted by Crippen LogP contribution is 2.27. The summed E-state index contributed by atoms with van der Waals surface area (Å²) in [5.41, 5.74) is 2.47. The Balaban J connectivity index is 2.47. The summed E-state index contributed by atoms with van der Waals surface area (Å²) >= 11 is 0. The molecule has 98 valence electrons. The first-order valence-electron chi connectivity index (χ1n) is 6.84. The molecule has 19 heavy (non-hydrogen) atoms. The quantitative estimate of drug-likeness (QED) is 0.872. The van der Waals surface area contributed by atoms with Gasteiger partial charge >= 0.3 is 0 Å². The van der Waals surface area contributed by atoms with Gasteiger partial charge in [0.15, 0.2) is 0 Å². The van der Waals surface area contributed by atoms with E-state index in [9.17, 15) is 5.26 Å². The largest absolute Gasteiger partial charge is 0.381 e. The highest BCUT2D eigenvalue weighted by atomic mass is 14.9. The van der Waals surface area contributed by atoms with Crippen molar-refractivity contribution in [2.75, 3.05) is 5.32 Å². The Bertz CT molecular complexity index is 598. The molecule has 0 fully saturated rings. The molecule has 0 aliphatic heterocycles. The minimum Gasteiger partial charge on any atom is -0.381 e. The van der Waals surface area contributed by atoms with Gasteiger partial charge in [-0.25, -0.2) is 0 Å². The smallest absolute Gasteiger partial charge is 0.103 e. The molecule has 0 aliphatic carbocycles. The number of nitrogens with zero attached hydrogens (tertiary/aromatic N) is 2. The lowest BCUT2D eigenvalue weighted by Gasteiger charge is -2.19. The molecule has 3 nitrogen and oxygen atoms in total. The first kappa shape index (κ1) is 13.4. The molecule has 1 aromatic heterocycles. The molecule has 1 heterocycles. The predicted octanol–water partition coefficient (Wildman–Crippen LogP) is 4.10. The number of anilines is 1. The molecule has 0 saturated heterocycles. The van der Waals surface area contributed by atoms with Gasteiger partial charge in [0.25, 0.3) is 0 Å². The van der Waals surface area contributed by atoms with E-state index in [1.165, 1.54) is 0 Å². The molecule has 1 unspecified atom stereocenters. The second-order valence-corrected chi connectivity index (χ2v) is 4.71. The van der Waals surface area contributed by atoms with Crippen molar-refractivity contribution in [3.8, 4) is 6.07 Å². The lowest BCUT2D eigenvalue weighted by Crippen LogP contribution is -2.19. The lowest BCUT2D eigenvalue weighted by molar-refractivity contribution is 0.623. The van der Waals surface area contributed by atoms with E-state index in [4.69, 9.17) is 0 Å².